The second-order valence-corrected chi connectivity index (χ2v) is 2.47. The van der Waals surface area contributed by atoms with Gasteiger partial charge in [-0.05, 0) is 6.58 Å². The third-order valence-electron chi connectivity index (χ3n) is 0.468. The van der Waals surface area contributed by atoms with Gasteiger partial charge >= 0.3 is 13.8 Å². The first-order chi connectivity index (χ1) is 4.33. The molecule has 0 aliphatic heterocycles. The smallest absolute Gasteiger partial charge is 0.475 e. The molecule has 11 heavy (non-hydrogen) atoms. The van der Waals surface area contributed by atoms with Crippen LogP contribution in [-0.2, 0) is 13.9 Å². The Morgan fingerprint density at radius 1 is 1.45 bits per heavy atom. The van der Waals surface area contributed by atoms with Crippen molar-refractivity contribution in [2.24, 2.45) is 0 Å². The van der Waals surface area contributed by atoms with E-state index in [4.69, 9.17) is 14.9 Å². The number of phosphoric acid groups is 1. The standard InChI is InChI=1S/C3H5O6P.K/c1-2(3(4)5)9-10(6,7)8;/h1H2,(H,4,5)(H2,6,7,8);. The predicted molar refractivity (Wildman–Crippen MR) is 35.7 cm³/mol. The molecule has 3 N–H and O–H groups in total. The van der Waals surface area contributed by atoms with Crippen LogP contribution in [0, 0.1) is 0 Å². The number of carboxylic acid groups (broad SMARTS) is 1. The van der Waals surface area contributed by atoms with E-state index < -0.39 is 19.6 Å². The molecule has 0 aromatic carbocycles. The van der Waals surface area contributed by atoms with E-state index in [-0.39, 0.29) is 51.4 Å². The molecule has 0 aliphatic rings. The molecule has 0 bridgehead atoms. The minimum absolute atomic E-state index is 0. The molecule has 0 saturated heterocycles. The van der Waals surface area contributed by atoms with Gasteiger partial charge in [-0.1, -0.05) is 0 Å². The van der Waals surface area contributed by atoms with Crippen LogP contribution in [0.25, 0.3) is 0 Å². The van der Waals surface area contributed by atoms with Crippen LogP contribution in [0.2, 0.25) is 0 Å². The zero-order chi connectivity index (χ0) is 8.36. The summed E-state index contributed by atoms with van der Waals surface area (Å²) in [5, 5.41) is 7.98. The summed E-state index contributed by atoms with van der Waals surface area (Å²) in [5.41, 5.74) is 0. The van der Waals surface area contributed by atoms with Crippen molar-refractivity contribution in [3.05, 3.63) is 12.3 Å². The molecule has 0 rings (SSSR count). The van der Waals surface area contributed by atoms with Gasteiger partial charge < -0.3 is 9.63 Å². The fourth-order valence-corrected chi connectivity index (χ4v) is 0.548. The Balaban J connectivity index is 0. The van der Waals surface area contributed by atoms with E-state index in [1.54, 1.807) is 0 Å². The average molecular weight is 207 g/mol. The maximum absolute atomic E-state index is 9.89. The van der Waals surface area contributed by atoms with E-state index in [0.29, 0.717) is 0 Å². The molecule has 0 spiro atoms. The quantitative estimate of drug-likeness (QED) is 0.245. The molecule has 0 fully saturated rings. The first-order valence-electron chi connectivity index (χ1n) is 2.00. The van der Waals surface area contributed by atoms with Crippen molar-refractivity contribution in [3.8, 4) is 0 Å². The van der Waals surface area contributed by atoms with Crippen LogP contribution in [0.4, 0.5) is 0 Å². The molecule has 8 heteroatoms. The number of phosphoric ester groups is 1. The topological polar surface area (TPSA) is 104 Å². The van der Waals surface area contributed by atoms with Crippen LogP contribution < -0.4 is 0 Å². The second-order valence-electron chi connectivity index (χ2n) is 1.31. The van der Waals surface area contributed by atoms with Crippen LogP contribution in [0.15, 0.2) is 12.3 Å². The Bertz CT molecular complexity index is 206. The van der Waals surface area contributed by atoms with Gasteiger partial charge in [-0.15, -0.1) is 0 Å². The molecule has 59 valence electrons. The molecule has 0 amide bonds. The number of hydrogen-bond donors (Lipinski definition) is 3. The summed E-state index contributed by atoms with van der Waals surface area (Å²) >= 11 is 0. The zero-order valence-corrected chi connectivity index (χ0v) is 9.74. The Labute approximate surface area is 105 Å². The third kappa shape index (κ3) is 8.70. The maximum Gasteiger partial charge on any atom is 0.525 e. The van der Waals surface area contributed by atoms with Crippen molar-refractivity contribution in [1.29, 1.82) is 0 Å². The molecule has 0 aromatic rings. The van der Waals surface area contributed by atoms with Crippen LogP contribution in [0.3, 0.4) is 0 Å². The van der Waals surface area contributed by atoms with Crippen LogP contribution in [-0.4, -0.2) is 72.2 Å². The fourth-order valence-electron chi connectivity index (χ4n) is 0.183. The summed E-state index contributed by atoms with van der Waals surface area (Å²) in [6, 6.07) is 0. The normalized spacial score (nSPS) is 9.64. The summed E-state index contributed by atoms with van der Waals surface area (Å²) < 4.78 is 13.5. The van der Waals surface area contributed by atoms with E-state index in [0.717, 1.165) is 0 Å². The van der Waals surface area contributed by atoms with E-state index >= 15 is 0 Å². The first kappa shape index (κ1) is 14.3. The van der Waals surface area contributed by atoms with Gasteiger partial charge in [0.1, 0.15) is 0 Å². The SMILES string of the molecule is C=C(OP(=O)(O)O)C(=O)O.[K]. The summed E-state index contributed by atoms with van der Waals surface area (Å²) in [6.07, 6.45) is 0. The van der Waals surface area contributed by atoms with E-state index in [9.17, 15) is 9.36 Å². The number of carboxylic acids is 1. The predicted octanol–water partition coefficient (Wildman–Crippen LogP) is -0.687. The summed E-state index contributed by atoms with van der Waals surface area (Å²) in [7, 11) is -4.76. The minimum atomic E-state index is -4.76. The first-order valence-corrected chi connectivity index (χ1v) is 3.53. The van der Waals surface area contributed by atoms with Crippen molar-refractivity contribution in [2.75, 3.05) is 0 Å². The van der Waals surface area contributed by atoms with Gasteiger partial charge in [0.05, 0.1) is 0 Å². The third-order valence-corrected chi connectivity index (χ3v) is 0.926. The van der Waals surface area contributed by atoms with Crippen LogP contribution in [0.5, 0.6) is 0 Å². The molecule has 0 saturated carbocycles. The molecule has 0 unspecified atom stereocenters. The van der Waals surface area contributed by atoms with Gasteiger partial charge in [-0.25, -0.2) is 9.36 Å². The summed E-state index contributed by atoms with van der Waals surface area (Å²) in [5.74, 6) is -2.59. The van der Waals surface area contributed by atoms with Gasteiger partial charge in [0.2, 0.25) is 5.76 Å². The molecular formula is C3H5KO6P. The monoisotopic (exact) mass is 207 g/mol. The molecule has 0 atom stereocenters. The van der Waals surface area contributed by atoms with Crippen LogP contribution in [0.1, 0.15) is 0 Å². The van der Waals surface area contributed by atoms with E-state index in [1.807, 2.05) is 0 Å². The number of hydrogen-bond acceptors (Lipinski definition) is 3. The maximum atomic E-state index is 9.89. The van der Waals surface area contributed by atoms with Crippen molar-refractivity contribution in [2.45, 2.75) is 0 Å². The van der Waals surface area contributed by atoms with E-state index in [1.165, 1.54) is 0 Å². The minimum Gasteiger partial charge on any atom is -0.475 e. The van der Waals surface area contributed by atoms with Gasteiger partial charge in [-0.3, -0.25) is 9.79 Å². The molecule has 1 radical (unpaired) electrons. The van der Waals surface area contributed by atoms with Crippen molar-refractivity contribution in [1.82, 2.24) is 0 Å². The molecule has 0 heterocycles. The average Bonchev–Trinajstić information content (AvgIpc) is 1.60. The summed E-state index contributed by atoms with van der Waals surface area (Å²) in [4.78, 5) is 25.8. The molecule has 6 nitrogen and oxygen atoms in total. The second kappa shape index (κ2) is 5.44. The fraction of sp³-hybridized carbons (Fsp3) is 0. The Kier molecular flexibility index (Phi) is 7.09. The largest absolute Gasteiger partial charge is 0.525 e. The van der Waals surface area contributed by atoms with E-state index in [2.05, 4.69) is 11.1 Å². The van der Waals surface area contributed by atoms with Crippen LogP contribution >= 0.6 is 7.82 Å². The molecule has 0 aromatic heterocycles. The number of aliphatic carboxylic acids is 1. The molecule has 0 aliphatic carbocycles. The van der Waals surface area contributed by atoms with Gasteiger partial charge in [0.25, 0.3) is 0 Å². The molecular weight excluding hydrogens is 202 g/mol. The number of rotatable bonds is 3. The Morgan fingerprint density at radius 2 is 1.82 bits per heavy atom. The summed E-state index contributed by atoms with van der Waals surface area (Å²) in [6.45, 7) is 2.73. The Hall–Kier alpha value is 0.796. The zero-order valence-electron chi connectivity index (χ0n) is 5.72. The van der Waals surface area contributed by atoms with Gasteiger partial charge in [0, 0.05) is 51.4 Å². The number of carbonyl (C=O) groups is 1. The van der Waals surface area contributed by atoms with Crippen molar-refractivity contribution >= 4 is 65.2 Å². The van der Waals surface area contributed by atoms with Crippen molar-refractivity contribution in [3.63, 3.8) is 0 Å². The van der Waals surface area contributed by atoms with Crippen molar-refractivity contribution < 1.29 is 28.8 Å². The van der Waals surface area contributed by atoms with Gasteiger partial charge in [0.15, 0.2) is 0 Å². The van der Waals surface area contributed by atoms with Gasteiger partial charge in [-0.2, -0.15) is 0 Å². The Morgan fingerprint density at radius 3 is 1.91 bits per heavy atom.